The molecule has 96 valence electrons. The minimum absolute atomic E-state index is 0.395. The molecule has 2 saturated heterocycles. The van der Waals surface area contributed by atoms with Gasteiger partial charge in [-0.05, 0) is 37.4 Å². The van der Waals surface area contributed by atoms with Gasteiger partial charge in [0.15, 0.2) is 0 Å². The zero-order chi connectivity index (χ0) is 12.5. The van der Waals surface area contributed by atoms with E-state index in [-0.39, 0.29) is 0 Å². The Hall–Kier alpha value is -1.62. The van der Waals surface area contributed by atoms with Gasteiger partial charge < -0.3 is 16.0 Å². The van der Waals surface area contributed by atoms with Gasteiger partial charge in [0, 0.05) is 30.9 Å². The highest BCUT2D eigenvalue weighted by Crippen LogP contribution is 2.28. The van der Waals surface area contributed by atoms with Crippen LogP contribution in [-0.2, 0) is 0 Å². The molecule has 0 radical (unpaired) electrons. The Kier molecular flexibility index (Phi) is 2.91. The van der Waals surface area contributed by atoms with Crippen LogP contribution in [0.15, 0.2) is 18.3 Å². The number of rotatable bonds is 2. The van der Waals surface area contributed by atoms with E-state index in [0.29, 0.717) is 17.5 Å². The third-order valence-corrected chi connectivity index (χ3v) is 3.95. The van der Waals surface area contributed by atoms with Gasteiger partial charge in [0.25, 0.3) is 0 Å². The molecule has 3 rings (SSSR count). The maximum Gasteiger partial charge on any atom is 0.248 e. The molecule has 3 N–H and O–H groups in total. The lowest BCUT2D eigenvalue weighted by atomic mass is 9.94. The molecule has 0 saturated carbocycles. The summed E-state index contributed by atoms with van der Waals surface area (Å²) in [5, 5.41) is 3.56. The molecule has 2 fully saturated rings. The van der Waals surface area contributed by atoms with E-state index in [1.54, 1.807) is 18.3 Å². The minimum atomic E-state index is -0.395. The highest BCUT2D eigenvalue weighted by atomic mass is 16.1. The monoisotopic (exact) mass is 246 g/mol. The van der Waals surface area contributed by atoms with Crippen molar-refractivity contribution in [2.24, 2.45) is 11.7 Å². The molecule has 0 bridgehead atoms. The number of carbonyl (C=O) groups is 1. The summed E-state index contributed by atoms with van der Waals surface area (Å²) < 4.78 is 0. The van der Waals surface area contributed by atoms with Gasteiger partial charge in [0.05, 0.1) is 0 Å². The number of nitrogens with zero attached hydrogens (tertiary/aromatic N) is 2. The van der Waals surface area contributed by atoms with Crippen LogP contribution in [0.1, 0.15) is 23.2 Å². The van der Waals surface area contributed by atoms with Crippen LogP contribution in [0.25, 0.3) is 0 Å². The average Bonchev–Trinajstić information content (AvgIpc) is 2.82. The van der Waals surface area contributed by atoms with Crippen LogP contribution in [0.2, 0.25) is 0 Å². The molecule has 2 unspecified atom stereocenters. The molecular weight excluding hydrogens is 228 g/mol. The summed E-state index contributed by atoms with van der Waals surface area (Å²) in [5.74, 6) is 1.17. The summed E-state index contributed by atoms with van der Waals surface area (Å²) in [6, 6.07) is 4.02. The smallest absolute Gasteiger partial charge is 0.248 e. The Bertz CT molecular complexity index is 448. The van der Waals surface area contributed by atoms with E-state index >= 15 is 0 Å². The van der Waals surface area contributed by atoms with E-state index in [9.17, 15) is 4.79 Å². The van der Waals surface area contributed by atoms with Crippen molar-refractivity contribution in [3.63, 3.8) is 0 Å². The van der Waals surface area contributed by atoms with Crippen molar-refractivity contribution < 1.29 is 4.79 Å². The summed E-state index contributed by atoms with van der Waals surface area (Å²) in [5.41, 5.74) is 5.83. The fourth-order valence-corrected chi connectivity index (χ4v) is 2.98. The second-order valence-electron chi connectivity index (χ2n) is 5.13. The standard InChI is InChI=1S/C13H18N4O/c14-13(18)9-3-5-16-12(6-9)17-7-10-2-1-4-15-11(10)8-17/h3,5-6,10-11,15H,1-2,4,7-8H2,(H2,14,18). The van der Waals surface area contributed by atoms with Gasteiger partial charge in [0.1, 0.15) is 5.82 Å². The van der Waals surface area contributed by atoms with Crippen LogP contribution in [0.5, 0.6) is 0 Å². The number of hydrogen-bond donors (Lipinski definition) is 2. The fourth-order valence-electron chi connectivity index (χ4n) is 2.98. The van der Waals surface area contributed by atoms with Crippen LogP contribution >= 0.6 is 0 Å². The molecular formula is C13H18N4O. The van der Waals surface area contributed by atoms with E-state index < -0.39 is 5.91 Å². The minimum Gasteiger partial charge on any atom is -0.366 e. The van der Waals surface area contributed by atoms with E-state index in [0.717, 1.165) is 25.5 Å². The lowest BCUT2D eigenvalue weighted by molar-refractivity contribution is 0.1000. The Morgan fingerprint density at radius 1 is 1.50 bits per heavy atom. The Morgan fingerprint density at radius 3 is 3.17 bits per heavy atom. The number of piperidine rings is 1. The zero-order valence-corrected chi connectivity index (χ0v) is 10.3. The number of amides is 1. The maximum absolute atomic E-state index is 11.2. The molecule has 0 aliphatic carbocycles. The van der Waals surface area contributed by atoms with Crippen molar-refractivity contribution in [2.75, 3.05) is 24.5 Å². The predicted octanol–water partition coefficient (Wildman–Crippen LogP) is 0.369. The topological polar surface area (TPSA) is 71.2 Å². The number of primary amides is 1. The van der Waals surface area contributed by atoms with E-state index in [4.69, 9.17) is 5.73 Å². The van der Waals surface area contributed by atoms with Crippen LogP contribution in [0.4, 0.5) is 5.82 Å². The van der Waals surface area contributed by atoms with Gasteiger partial charge in [-0.3, -0.25) is 4.79 Å². The van der Waals surface area contributed by atoms with E-state index in [1.807, 2.05) is 0 Å². The van der Waals surface area contributed by atoms with Crippen molar-refractivity contribution >= 4 is 11.7 Å². The number of anilines is 1. The summed E-state index contributed by atoms with van der Waals surface area (Å²) >= 11 is 0. The van der Waals surface area contributed by atoms with Crippen molar-refractivity contribution in [1.82, 2.24) is 10.3 Å². The number of hydrogen-bond acceptors (Lipinski definition) is 4. The summed E-state index contributed by atoms with van der Waals surface area (Å²) in [7, 11) is 0. The van der Waals surface area contributed by atoms with E-state index in [2.05, 4.69) is 15.2 Å². The summed E-state index contributed by atoms with van der Waals surface area (Å²) in [6.45, 7) is 3.11. The molecule has 0 spiro atoms. The number of pyridine rings is 1. The first-order valence-electron chi connectivity index (χ1n) is 6.48. The molecule has 5 nitrogen and oxygen atoms in total. The summed E-state index contributed by atoms with van der Waals surface area (Å²) in [4.78, 5) is 17.8. The molecule has 1 aromatic heterocycles. The first-order valence-corrected chi connectivity index (χ1v) is 6.48. The number of fused-ring (bicyclic) bond motifs is 1. The fraction of sp³-hybridized carbons (Fsp3) is 0.538. The number of carbonyl (C=O) groups excluding carboxylic acids is 1. The van der Waals surface area contributed by atoms with Crippen LogP contribution in [-0.4, -0.2) is 36.6 Å². The van der Waals surface area contributed by atoms with Crippen LogP contribution in [0.3, 0.4) is 0 Å². The molecule has 2 atom stereocenters. The molecule has 1 amide bonds. The quantitative estimate of drug-likeness (QED) is 0.791. The molecule has 1 aromatic rings. The molecule has 0 aromatic carbocycles. The first kappa shape index (κ1) is 11.5. The van der Waals surface area contributed by atoms with Crippen molar-refractivity contribution in [1.29, 1.82) is 0 Å². The molecule has 3 heterocycles. The maximum atomic E-state index is 11.2. The highest BCUT2D eigenvalue weighted by molar-refractivity contribution is 5.93. The van der Waals surface area contributed by atoms with Crippen LogP contribution < -0.4 is 16.0 Å². The molecule has 5 heteroatoms. The van der Waals surface area contributed by atoms with Crippen molar-refractivity contribution in [2.45, 2.75) is 18.9 Å². The molecule has 18 heavy (non-hydrogen) atoms. The Balaban J connectivity index is 1.79. The third-order valence-electron chi connectivity index (χ3n) is 3.95. The predicted molar refractivity (Wildman–Crippen MR) is 69.5 cm³/mol. The second-order valence-corrected chi connectivity index (χ2v) is 5.13. The van der Waals surface area contributed by atoms with Gasteiger partial charge in [-0.2, -0.15) is 0 Å². The number of nitrogens with one attached hydrogen (secondary N) is 1. The van der Waals surface area contributed by atoms with Crippen molar-refractivity contribution in [3.8, 4) is 0 Å². The lowest BCUT2D eigenvalue weighted by Crippen LogP contribution is -2.40. The zero-order valence-electron chi connectivity index (χ0n) is 10.3. The largest absolute Gasteiger partial charge is 0.366 e. The average molecular weight is 246 g/mol. The Labute approximate surface area is 106 Å². The van der Waals surface area contributed by atoms with Gasteiger partial charge >= 0.3 is 0 Å². The number of aromatic nitrogens is 1. The number of nitrogens with two attached hydrogens (primary N) is 1. The summed E-state index contributed by atoms with van der Waals surface area (Å²) in [6.07, 6.45) is 4.19. The third kappa shape index (κ3) is 2.06. The van der Waals surface area contributed by atoms with Gasteiger partial charge in [0.2, 0.25) is 5.91 Å². The van der Waals surface area contributed by atoms with Crippen molar-refractivity contribution in [3.05, 3.63) is 23.9 Å². The Morgan fingerprint density at radius 2 is 2.39 bits per heavy atom. The van der Waals surface area contributed by atoms with Gasteiger partial charge in [-0.25, -0.2) is 4.98 Å². The van der Waals surface area contributed by atoms with Gasteiger partial charge in [-0.15, -0.1) is 0 Å². The SMILES string of the molecule is NC(=O)c1ccnc(N2CC3CCCNC3C2)c1. The van der Waals surface area contributed by atoms with Crippen LogP contribution in [0, 0.1) is 5.92 Å². The molecule has 2 aliphatic heterocycles. The molecule has 2 aliphatic rings. The lowest BCUT2D eigenvalue weighted by Gasteiger charge is -2.24. The van der Waals surface area contributed by atoms with Gasteiger partial charge in [-0.1, -0.05) is 0 Å². The highest BCUT2D eigenvalue weighted by Gasteiger charge is 2.34. The normalized spacial score (nSPS) is 27.0. The van der Waals surface area contributed by atoms with E-state index in [1.165, 1.54) is 12.8 Å². The second kappa shape index (κ2) is 4.57. The first-order chi connectivity index (χ1) is 8.74.